The fourth-order valence-electron chi connectivity index (χ4n) is 7.59. The Hall–Kier alpha value is -3.78. The third-order valence-corrected chi connectivity index (χ3v) is 10.9. The molecule has 2 aliphatic heterocycles. The van der Waals surface area contributed by atoms with Gasteiger partial charge in [0.2, 0.25) is 10.0 Å². The van der Waals surface area contributed by atoms with Crippen molar-refractivity contribution in [3.63, 3.8) is 0 Å². The van der Waals surface area contributed by atoms with Crippen LogP contribution in [-0.2, 0) is 16.6 Å². The molecule has 7 rings (SSSR count). The summed E-state index contributed by atoms with van der Waals surface area (Å²) in [5.41, 5.74) is 10.1. The lowest BCUT2D eigenvalue weighted by molar-refractivity contribution is 0.0716. The van der Waals surface area contributed by atoms with Gasteiger partial charge in [-0.25, -0.2) is 18.4 Å². The van der Waals surface area contributed by atoms with E-state index >= 15 is 0 Å². The summed E-state index contributed by atoms with van der Waals surface area (Å²) >= 11 is 0. The molecule has 4 atom stereocenters. The quantitative estimate of drug-likeness (QED) is 0.268. The lowest BCUT2D eigenvalue weighted by Crippen LogP contribution is -2.41. The first-order valence-electron chi connectivity index (χ1n) is 15.4. The number of anilines is 1. The van der Waals surface area contributed by atoms with E-state index in [1.807, 2.05) is 26.9 Å². The molecule has 0 radical (unpaired) electrons. The number of halogens is 2. The molecule has 1 amide bonds. The van der Waals surface area contributed by atoms with E-state index in [4.69, 9.17) is 15.5 Å². The van der Waals surface area contributed by atoms with Crippen molar-refractivity contribution in [2.45, 2.75) is 77.2 Å². The van der Waals surface area contributed by atoms with Gasteiger partial charge in [0, 0.05) is 41.7 Å². The smallest absolute Gasteiger partial charge is 0.329 e. The molecule has 1 aliphatic carbocycles. The summed E-state index contributed by atoms with van der Waals surface area (Å²) in [6.45, 7) is 1.33. The molecule has 3 aliphatic rings. The van der Waals surface area contributed by atoms with Crippen molar-refractivity contribution in [1.82, 2.24) is 23.8 Å². The molecule has 2 N–H and O–H groups in total. The summed E-state index contributed by atoms with van der Waals surface area (Å²) in [4.78, 5) is 25.3. The van der Waals surface area contributed by atoms with Gasteiger partial charge in [0.05, 0.1) is 24.8 Å². The largest absolute Gasteiger partial charge is 0.482 e. The Labute approximate surface area is 260 Å². The number of rotatable bonds is 9. The number of sulfonamides is 1. The summed E-state index contributed by atoms with van der Waals surface area (Å²) < 4.78 is 61.7. The predicted molar refractivity (Wildman–Crippen MR) is 166 cm³/mol. The van der Waals surface area contributed by atoms with Gasteiger partial charge in [0.15, 0.2) is 5.88 Å². The third kappa shape index (κ3) is 4.75. The highest BCUT2D eigenvalue weighted by atomic mass is 32.2. The number of nitrogens with zero attached hydrogens (tertiary/aromatic N) is 6. The van der Waals surface area contributed by atoms with Gasteiger partial charge in [0.25, 0.3) is 5.91 Å². The Kier molecular flexibility index (Phi) is 7.08. The first kappa shape index (κ1) is 29.9. The van der Waals surface area contributed by atoms with Crippen LogP contribution in [0.3, 0.4) is 0 Å². The Balaban J connectivity index is 1.34. The van der Waals surface area contributed by atoms with Crippen LogP contribution >= 0.6 is 0 Å². The molecule has 0 unspecified atom stereocenters. The van der Waals surface area contributed by atoms with Gasteiger partial charge in [-0.15, -0.1) is 0 Å². The Morgan fingerprint density at radius 1 is 1.13 bits per heavy atom. The second-order valence-corrected chi connectivity index (χ2v) is 14.5. The molecule has 2 saturated heterocycles. The van der Waals surface area contributed by atoms with Gasteiger partial charge in [-0.2, -0.15) is 13.1 Å². The van der Waals surface area contributed by atoms with Crippen LogP contribution in [0.2, 0.25) is 0 Å². The maximum atomic E-state index is 14.0. The summed E-state index contributed by atoms with van der Waals surface area (Å²) in [5.74, 6) is 0.702. The predicted octanol–water partition coefficient (Wildman–Crippen LogP) is 4.41. The molecule has 11 nitrogen and oxygen atoms in total. The standard InChI is InChI=1S/C31H37F2N7O4S/c1-5-20-21-9-10-22(27(20)34)39(21)30(41)19-13-25-35-28(16(2)38(25)26(14-19)44-3)23-12-18-8-11-24(40(31(32)33)45(4,42)43)36-29(18)37(23)15-17-6-7-17/h8,11-14,17,20-22,27,31H,5-7,9-10,15,34H2,1-4H3/t20-,21-,22+,27-/m0/s1. The van der Waals surface area contributed by atoms with Gasteiger partial charge in [-0.1, -0.05) is 6.92 Å². The van der Waals surface area contributed by atoms with Crippen molar-refractivity contribution in [3.05, 3.63) is 41.6 Å². The third-order valence-electron chi connectivity index (χ3n) is 9.86. The van der Waals surface area contributed by atoms with E-state index < -0.39 is 16.6 Å². The Morgan fingerprint density at radius 2 is 1.87 bits per heavy atom. The molecule has 6 heterocycles. The summed E-state index contributed by atoms with van der Waals surface area (Å²) in [7, 11) is -2.72. The van der Waals surface area contributed by atoms with Crippen molar-refractivity contribution in [2.24, 2.45) is 17.6 Å². The lowest BCUT2D eigenvalue weighted by Gasteiger charge is -2.24. The number of aromatic nitrogens is 4. The number of aryl methyl sites for hydroxylation is 1. The van der Waals surface area contributed by atoms with E-state index in [0.717, 1.165) is 49.7 Å². The highest BCUT2D eigenvalue weighted by Crippen LogP contribution is 2.44. The zero-order chi connectivity index (χ0) is 31.9. The molecule has 4 aromatic rings. The zero-order valence-electron chi connectivity index (χ0n) is 25.7. The first-order chi connectivity index (χ1) is 21.4. The number of amides is 1. The van der Waals surface area contributed by atoms with E-state index in [0.29, 0.717) is 46.3 Å². The highest BCUT2D eigenvalue weighted by Gasteiger charge is 2.52. The number of fused-ring (bicyclic) bond motifs is 4. The number of pyridine rings is 2. The van der Waals surface area contributed by atoms with Gasteiger partial charge in [-0.05, 0) is 75.1 Å². The number of hydrogen-bond donors (Lipinski definition) is 1. The maximum Gasteiger partial charge on any atom is 0.329 e. The minimum atomic E-state index is -4.27. The van der Waals surface area contributed by atoms with Crippen LogP contribution in [0.25, 0.3) is 28.1 Å². The molecule has 240 valence electrons. The van der Waals surface area contributed by atoms with Gasteiger partial charge < -0.3 is 19.9 Å². The summed E-state index contributed by atoms with van der Waals surface area (Å²) in [5, 5.41) is 0.669. The van der Waals surface area contributed by atoms with Crippen LogP contribution in [0, 0.1) is 18.8 Å². The molecule has 45 heavy (non-hydrogen) atoms. The molecule has 3 fully saturated rings. The number of ether oxygens (including phenoxy) is 1. The number of methoxy groups -OCH3 is 1. The van der Waals surface area contributed by atoms with Crippen LogP contribution < -0.4 is 14.8 Å². The second kappa shape index (κ2) is 10.6. The molecule has 1 saturated carbocycles. The van der Waals surface area contributed by atoms with Crippen LogP contribution in [0.15, 0.2) is 30.3 Å². The normalized spacial score (nSPS) is 23.2. The average Bonchev–Trinajstić information content (AvgIpc) is 3.33. The zero-order valence-corrected chi connectivity index (χ0v) is 26.5. The fraction of sp³-hybridized carbons (Fsp3) is 0.516. The molecule has 0 spiro atoms. The maximum absolute atomic E-state index is 14.0. The van der Waals surface area contributed by atoms with E-state index in [9.17, 15) is 22.0 Å². The van der Waals surface area contributed by atoms with Gasteiger partial charge in [-0.3, -0.25) is 9.20 Å². The fourth-order valence-corrected chi connectivity index (χ4v) is 8.32. The molecule has 4 aromatic heterocycles. The molecule has 2 bridgehead atoms. The lowest BCUT2D eigenvalue weighted by atomic mass is 9.83. The Morgan fingerprint density at radius 3 is 2.49 bits per heavy atom. The van der Waals surface area contributed by atoms with Crippen LogP contribution in [0.4, 0.5) is 14.6 Å². The van der Waals surface area contributed by atoms with Gasteiger partial charge >= 0.3 is 6.55 Å². The summed E-state index contributed by atoms with van der Waals surface area (Å²) in [6, 6.07) is 8.43. The summed E-state index contributed by atoms with van der Waals surface area (Å²) in [6.07, 6.45) is 5.56. The molecular weight excluding hydrogens is 604 g/mol. The van der Waals surface area contributed by atoms with Crippen molar-refractivity contribution >= 4 is 38.4 Å². The average molecular weight is 642 g/mol. The van der Waals surface area contributed by atoms with E-state index in [2.05, 4.69) is 11.9 Å². The number of carbonyl (C=O) groups excluding carboxylic acids is 1. The number of alkyl halides is 2. The number of carbonyl (C=O) groups is 1. The second-order valence-electron chi connectivity index (χ2n) is 12.6. The molecule has 0 aromatic carbocycles. The topological polar surface area (TPSA) is 128 Å². The van der Waals surface area contributed by atoms with Crippen LogP contribution in [-0.4, -0.2) is 76.2 Å². The number of hydrogen-bond acceptors (Lipinski definition) is 7. The van der Waals surface area contributed by atoms with Crippen molar-refractivity contribution in [3.8, 4) is 17.3 Å². The Bertz CT molecular complexity index is 1940. The van der Waals surface area contributed by atoms with Crippen molar-refractivity contribution in [2.75, 3.05) is 17.7 Å². The monoisotopic (exact) mass is 641 g/mol. The SMILES string of the molecule is CC[C@@H]1[C@H](N)[C@H]2CC[C@@H]1N2C(=O)c1cc(OC)n2c(C)c(-c3cc4ccc(N(C(F)F)S(C)(=O)=O)nc4n3CC3CC3)nc2c1. The van der Waals surface area contributed by atoms with Crippen molar-refractivity contribution in [1.29, 1.82) is 0 Å². The minimum Gasteiger partial charge on any atom is -0.482 e. The van der Waals surface area contributed by atoms with E-state index in [1.165, 1.54) is 6.07 Å². The first-order valence-corrected chi connectivity index (χ1v) is 17.2. The minimum absolute atomic E-state index is 0.0194. The molecule has 14 heteroatoms. The highest BCUT2D eigenvalue weighted by molar-refractivity contribution is 7.92. The van der Waals surface area contributed by atoms with E-state index in [-0.39, 0.29) is 40.1 Å². The van der Waals surface area contributed by atoms with Crippen LogP contribution in [0.5, 0.6) is 5.88 Å². The molecular formula is C31H37F2N7O4S. The van der Waals surface area contributed by atoms with E-state index in [1.54, 1.807) is 25.3 Å². The van der Waals surface area contributed by atoms with Crippen LogP contribution in [0.1, 0.15) is 55.1 Å². The number of imidazole rings is 1. The van der Waals surface area contributed by atoms with Crippen molar-refractivity contribution < 1.29 is 26.7 Å². The number of nitrogens with two attached hydrogens (primary N) is 1. The van der Waals surface area contributed by atoms with Gasteiger partial charge in [0.1, 0.15) is 22.8 Å².